The summed E-state index contributed by atoms with van der Waals surface area (Å²) < 4.78 is 12.4. The van der Waals surface area contributed by atoms with Gasteiger partial charge in [-0.15, -0.1) is 0 Å². The summed E-state index contributed by atoms with van der Waals surface area (Å²) in [6.45, 7) is 8.53. The zero-order valence-electron chi connectivity index (χ0n) is 14.3. The van der Waals surface area contributed by atoms with Gasteiger partial charge in [-0.05, 0) is 20.8 Å². The second kappa shape index (κ2) is 8.75. The fraction of sp³-hybridized carbons (Fsp3) is 0.733. The number of nitrogens with one attached hydrogen (secondary N) is 1. The van der Waals surface area contributed by atoms with Gasteiger partial charge in [0.05, 0.1) is 18.6 Å². The number of imidazole rings is 1. The van der Waals surface area contributed by atoms with Gasteiger partial charge in [-0.3, -0.25) is 0 Å². The van der Waals surface area contributed by atoms with E-state index in [2.05, 4.69) is 10.3 Å². The van der Waals surface area contributed by atoms with Crippen LogP contribution in [0.4, 0.5) is 4.79 Å². The van der Waals surface area contributed by atoms with Gasteiger partial charge in [0.1, 0.15) is 5.60 Å². The molecule has 1 N–H and O–H groups in total. The molecule has 0 saturated carbocycles. The monoisotopic (exact) mass is 312 g/mol. The van der Waals surface area contributed by atoms with Gasteiger partial charge in [-0.2, -0.15) is 0 Å². The Labute approximate surface area is 132 Å². The first kappa shape index (κ1) is 18.4. The van der Waals surface area contributed by atoms with E-state index in [-0.39, 0.29) is 6.09 Å². The Morgan fingerprint density at radius 2 is 2.14 bits per heavy atom. The van der Waals surface area contributed by atoms with Crippen LogP contribution in [0.2, 0.25) is 0 Å². The van der Waals surface area contributed by atoms with Crippen LogP contribution in [0.3, 0.4) is 0 Å². The molecule has 0 unspecified atom stereocenters. The summed E-state index contributed by atoms with van der Waals surface area (Å²) in [7, 11) is 3.57. The molecule has 1 aromatic rings. The van der Waals surface area contributed by atoms with Crippen molar-refractivity contribution in [2.24, 2.45) is 7.05 Å². The van der Waals surface area contributed by atoms with E-state index >= 15 is 0 Å². The minimum absolute atomic E-state index is 0.313. The largest absolute Gasteiger partial charge is 0.444 e. The van der Waals surface area contributed by atoms with Crippen molar-refractivity contribution in [3.63, 3.8) is 0 Å². The van der Waals surface area contributed by atoms with Gasteiger partial charge < -0.3 is 24.3 Å². The van der Waals surface area contributed by atoms with Crippen LogP contribution in [-0.4, -0.2) is 59.5 Å². The first-order valence-electron chi connectivity index (χ1n) is 7.46. The van der Waals surface area contributed by atoms with E-state index in [1.54, 1.807) is 18.3 Å². The predicted molar refractivity (Wildman–Crippen MR) is 84.6 cm³/mol. The van der Waals surface area contributed by atoms with Crippen molar-refractivity contribution >= 4 is 6.09 Å². The quantitative estimate of drug-likeness (QED) is 0.735. The average molecular weight is 312 g/mol. The Bertz CT molecular complexity index is 454. The lowest BCUT2D eigenvalue weighted by molar-refractivity contribution is 0.0204. The molecule has 0 atom stereocenters. The van der Waals surface area contributed by atoms with E-state index < -0.39 is 5.60 Å². The SMILES string of the molecule is COCCN(CCNCc1cncn1C)C(=O)OC(C)(C)C. The van der Waals surface area contributed by atoms with E-state index in [0.29, 0.717) is 32.8 Å². The van der Waals surface area contributed by atoms with Crippen molar-refractivity contribution in [2.45, 2.75) is 32.9 Å². The van der Waals surface area contributed by atoms with Crippen LogP contribution in [0.5, 0.6) is 0 Å². The second-order valence-electron chi connectivity index (χ2n) is 6.13. The molecule has 0 spiro atoms. The van der Waals surface area contributed by atoms with Crippen LogP contribution < -0.4 is 5.32 Å². The van der Waals surface area contributed by atoms with Crippen LogP contribution in [-0.2, 0) is 23.1 Å². The highest BCUT2D eigenvalue weighted by atomic mass is 16.6. The van der Waals surface area contributed by atoms with Crippen molar-refractivity contribution in [3.05, 3.63) is 18.2 Å². The zero-order chi connectivity index (χ0) is 16.6. The molecule has 0 aliphatic carbocycles. The van der Waals surface area contributed by atoms with Crippen molar-refractivity contribution < 1.29 is 14.3 Å². The van der Waals surface area contributed by atoms with Crippen molar-refractivity contribution in [1.82, 2.24) is 19.8 Å². The minimum Gasteiger partial charge on any atom is -0.444 e. The molecule has 0 aliphatic heterocycles. The second-order valence-corrected chi connectivity index (χ2v) is 6.13. The molecular weight excluding hydrogens is 284 g/mol. The van der Waals surface area contributed by atoms with E-state index in [0.717, 1.165) is 5.69 Å². The highest BCUT2D eigenvalue weighted by Crippen LogP contribution is 2.09. The number of carbonyl (C=O) groups excluding carboxylic acids is 1. The number of nitrogens with zero attached hydrogens (tertiary/aromatic N) is 3. The van der Waals surface area contributed by atoms with E-state index in [4.69, 9.17) is 9.47 Å². The summed E-state index contributed by atoms with van der Waals surface area (Å²) in [4.78, 5) is 17.9. The lowest BCUT2D eigenvalue weighted by Gasteiger charge is -2.27. The van der Waals surface area contributed by atoms with Gasteiger partial charge in [-0.1, -0.05) is 0 Å². The predicted octanol–water partition coefficient (Wildman–Crippen LogP) is 1.39. The number of amides is 1. The number of ether oxygens (including phenoxy) is 2. The lowest BCUT2D eigenvalue weighted by atomic mass is 10.2. The van der Waals surface area contributed by atoms with Crippen LogP contribution in [0.15, 0.2) is 12.5 Å². The zero-order valence-corrected chi connectivity index (χ0v) is 14.3. The maximum Gasteiger partial charge on any atom is 0.410 e. The molecule has 0 aromatic carbocycles. The maximum absolute atomic E-state index is 12.1. The number of carbonyl (C=O) groups is 1. The fourth-order valence-corrected chi connectivity index (χ4v) is 1.81. The number of rotatable bonds is 8. The van der Waals surface area contributed by atoms with E-state index in [9.17, 15) is 4.79 Å². The summed E-state index contributed by atoms with van der Waals surface area (Å²) in [6, 6.07) is 0. The Hall–Kier alpha value is -1.60. The van der Waals surface area contributed by atoms with Crippen molar-refractivity contribution in [2.75, 3.05) is 33.4 Å². The molecule has 7 heteroatoms. The first-order chi connectivity index (χ1) is 10.3. The van der Waals surface area contributed by atoms with Gasteiger partial charge in [-0.25, -0.2) is 9.78 Å². The molecule has 0 bridgehead atoms. The molecule has 1 heterocycles. The average Bonchev–Trinajstić information content (AvgIpc) is 2.81. The molecule has 0 radical (unpaired) electrons. The number of aryl methyl sites for hydroxylation is 1. The Kier molecular flexibility index (Phi) is 7.34. The third kappa shape index (κ3) is 6.91. The molecule has 1 aromatic heterocycles. The molecule has 0 aliphatic rings. The third-order valence-electron chi connectivity index (χ3n) is 3.00. The number of hydrogen-bond donors (Lipinski definition) is 1. The Balaban J connectivity index is 2.40. The van der Waals surface area contributed by atoms with Crippen LogP contribution in [0.1, 0.15) is 26.5 Å². The smallest absolute Gasteiger partial charge is 0.410 e. The molecule has 1 amide bonds. The van der Waals surface area contributed by atoms with Crippen molar-refractivity contribution in [1.29, 1.82) is 0 Å². The van der Waals surface area contributed by atoms with Gasteiger partial charge in [0.2, 0.25) is 0 Å². The highest BCUT2D eigenvalue weighted by Gasteiger charge is 2.21. The fourth-order valence-electron chi connectivity index (χ4n) is 1.81. The summed E-state index contributed by atoms with van der Waals surface area (Å²) in [6.07, 6.45) is 3.28. The minimum atomic E-state index is -0.495. The lowest BCUT2D eigenvalue weighted by Crippen LogP contribution is -2.42. The topological polar surface area (TPSA) is 68.6 Å². The molecule has 22 heavy (non-hydrogen) atoms. The van der Waals surface area contributed by atoms with Gasteiger partial charge in [0.25, 0.3) is 0 Å². The summed E-state index contributed by atoms with van der Waals surface area (Å²) in [5.74, 6) is 0. The first-order valence-corrected chi connectivity index (χ1v) is 7.46. The van der Waals surface area contributed by atoms with Crippen LogP contribution in [0.25, 0.3) is 0 Å². The summed E-state index contributed by atoms with van der Waals surface area (Å²) in [5, 5.41) is 3.30. The molecule has 1 rings (SSSR count). The molecule has 7 nitrogen and oxygen atoms in total. The molecular formula is C15H28N4O3. The van der Waals surface area contributed by atoms with E-state index in [1.807, 2.05) is 38.6 Å². The maximum atomic E-state index is 12.1. The number of aromatic nitrogens is 2. The molecule has 0 fully saturated rings. The normalized spacial score (nSPS) is 11.5. The standard InChI is InChI=1S/C15H28N4O3/c1-15(2,3)22-14(20)19(8-9-21-5)7-6-16-10-13-11-17-12-18(13)4/h11-12,16H,6-10H2,1-5H3. The van der Waals surface area contributed by atoms with Crippen LogP contribution >= 0.6 is 0 Å². The molecule has 0 saturated heterocycles. The van der Waals surface area contributed by atoms with Gasteiger partial charge in [0, 0.05) is 46.5 Å². The Morgan fingerprint density at radius 1 is 1.41 bits per heavy atom. The van der Waals surface area contributed by atoms with Crippen molar-refractivity contribution in [3.8, 4) is 0 Å². The number of methoxy groups -OCH3 is 1. The summed E-state index contributed by atoms with van der Waals surface area (Å²) in [5.41, 5.74) is 0.602. The van der Waals surface area contributed by atoms with Crippen LogP contribution in [0, 0.1) is 0 Å². The molecule has 126 valence electrons. The summed E-state index contributed by atoms with van der Waals surface area (Å²) >= 11 is 0. The van der Waals surface area contributed by atoms with Gasteiger partial charge in [0.15, 0.2) is 0 Å². The third-order valence-corrected chi connectivity index (χ3v) is 3.00. The highest BCUT2D eigenvalue weighted by molar-refractivity contribution is 5.68. The Morgan fingerprint density at radius 3 is 2.68 bits per heavy atom. The van der Waals surface area contributed by atoms with Gasteiger partial charge >= 0.3 is 6.09 Å². The number of hydrogen-bond acceptors (Lipinski definition) is 5. The van der Waals surface area contributed by atoms with E-state index in [1.165, 1.54) is 0 Å².